The van der Waals surface area contributed by atoms with Crippen LogP contribution in [-0.4, -0.2) is 42.5 Å². The number of hydrogen-bond donors (Lipinski definition) is 3. The maximum absolute atomic E-state index is 12.0. The molecule has 3 N–H and O–H groups in total. The highest BCUT2D eigenvalue weighted by Gasteiger charge is 2.37. The van der Waals surface area contributed by atoms with Crippen molar-refractivity contribution in [2.45, 2.75) is 76.9 Å². The van der Waals surface area contributed by atoms with Gasteiger partial charge in [-0.15, -0.1) is 0 Å². The van der Waals surface area contributed by atoms with E-state index in [0.717, 1.165) is 25.7 Å². The van der Waals surface area contributed by atoms with E-state index in [9.17, 15) is 18.3 Å². The Hall–Kier alpha value is -0.660. The van der Waals surface area contributed by atoms with Crippen LogP contribution in [0.5, 0.6) is 0 Å². The maximum Gasteiger partial charge on any atom is 0.303 e. The number of carboxylic acids is 1. The molecular formula is C15H29NO5S. The zero-order valence-electron chi connectivity index (χ0n) is 13.3. The molecule has 0 aromatic carbocycles. The van der Waals surface area contributed by atoms with Crippen molar-refractivity contribution in [1.82, 2.24) is 4.72 Å². The van der Waals surface area contributed by atoms with E-state index >= 15 is 0 Å². The first kappa shape index (κ1) is 19.4. The standard InChI is InChI=1S/C15H29NO5S/c1-2-3-4-5-6-7-10-22(20,21)16-13-9-8-12(15(13)19)11-14(17)18/h12-13,15-16,19H,2-11H2,1H3,(H,17,18)/t12-,13-,15-/m1/s1. The lowest BCUT2D eigenvalue weighted by molar-refractivity contribution is -0.138. The van der Waals surface area contributed by atoms with Crippen LogP contribution < -0.4 is 4.72 Å². The van der Waals surface area contributed by atoms with Crippen LogP contribution in [0.1, 0.15) is 64.7 Å². The topological polar surface area (TPSA) is 104 Å². The van der Waals surface area contributed by atoms with Crippen LogP contribution in [0.15, 0.2) is 0 Å². The van der Waals surface area contributed by atoms with Crippen molar-refractivity contribution in [2.24, 2.45) is 5.92 Å². The van der Waals surface area contributed by atoms with Gasteiger partial charge in [-0.25, -0.2) is 13.1 Å². The molecule has 0 radical (unpaired) electrons. The Morgan fingerprint density at radius 2 is 1.77 bits per heavy atom. The van der Waals surface area contributed by atoms with E-state index in [1.54, 1.807) is 0 Å². The zero-order chi connectivity index (χ0) is 16.6. The number of nitrogens with one attached hydrogen (secondary N) is 1. The number of aliphatic hydroxyl groups is 1. The van der Waals surface area contributed by atoms with Gasteiger partial charge in [0.15, 0.2) is 0 Å². The summed E-state index contributed by atoms with van der Waals surface area (Å²) in [7, 11) is -3.40. The Morgan fingerprint density at radius 1 is 1.14 bits per heavy atom. The lowest BCUT2D eigenvalue weighted by atomic mass is 10.0. The molecule has 0 heterocycles. The third kappa shape index (κ3) is 7.07. The van der Waals surface area contributed by atoms with E-state index in [4.69, 9.17) is 5.11 Å². The molecule has 0 aromatic rings. The third-order valence-corrected chi connectivity index (χ3v) is 5.77. The van der Waals surface area contributed by atoms with Crippen molar-refractivity contribution in [3.05, 3.63) is 0 Å². The average molecular weight is 335 g/mol. The minimum absolute atomic E-state index is 0.0753. The van der Waals surface area contributed by atoms with E-state index < -0.39 is 28.1 Å². The summed E-state index contributed by atoms with van der Waals surface area (Å²) < 4.78 is 26.6. The molecule has 0 spiro atoms. The Balaban J connectivity index is 2.31. The minimum atomic E-state index is -3.40. The Kier molecular flexibility index (Phi) is 8.35. The number of aliphatic carboxylic acids is 1. The first-order chi connectivity index (χ1) is 10.4. The van der Waals surface area contributed by atoms with Crippen molar-refractivity contribution in [3.63, 3.8) is 0 Å². The van der Waals surface area contributed by atoms with Gasteiger partial charge < -0.3 is 10.2 Å². The van der Waals surface area contributed by atoms with E-state index in [1.807, 2.05) is 0 Å². The molecule has 3 atom stereocenters. The number of hydrogen-bond acceptors (Lipinski definition) is 4. The first-order valence-corrected chi connectivity index (χ1v) is 9.91. The molecule has 0 aliphatic heterocycles. The molecule has 22 heavy (non-hydrogen) atoms. The molecule has 0 amide bonds. The van der Waals surface area contributed by atoms with Gasteiger partial charge in [0.25, 0.3) is 0 Å². The molecule has 130 valence electrons. The number of carboxylic acid groups (broad SMARTS) is 1. The molecule has 7 heteroatoms. The number of sulfonamides is 1. The summed E-state index contributed by atoms with van der Waals surface area (Å²) in [5.41, 5.74) is 0. The van der Waals surface area contributed by atoms with Crippen LogP contribution in [0.3, 0.4) is 0 Å². The molecule has 1 aliphatic rings. The monoisotopic (exact) mass is 335 g/mol. The Labute approximate surface area is 133 Å². The predicted octanol–water partition coefficient (Wildman–Crippen LogP) is 1.88. The van der Waals surface area contributed by atoms with Crippen molar-refractivity contribution >= 4 is 16.0 Å². The van der Waals surface area contributed by atoms with Gasteiger partial charge in [-0.1, -0.05) is 39.0 Å². The van der Waals surface area contributed by atoms with Crippen LogP contribution in [-0.2, 0) is 14.8 Å². The number of carbonyl (C=O) groups is 1. The predicted molar refractivity (Wildman–Crippen MR) is 85.1 cm³/mol. The highest BCUT2D eigenvalue weighted by atomic mass is 32.2. The largest absolute Gasteiger partial charge is 0.481 e. The molecule has 1 rings (SSSR count). The lowest BCUT2D eigenvalue weighted by Gasteiger charge is -2.19. The van der Waals surface area contributed by atoms with Crippen LogP contribution in [0.2, 0.25) is 0 Å². The van der Waals surface area contributed by atoms with Gasteiger partial charge in [0.05, 0.1) is 18.3 Å². The summed E-state index contributed by atoms with van der Waals surface area (Å²) in [6.07, 6.45) is 6.08. The molecule has 0 saturated heterocycles. The van der Waals surface area contributed by atoms with E-state index in [-0.39, 0.29) is 18.1 Å². The van der Waals surface area contributed by atoms with Gasteiger partial charge in [0.1, 0.15) is 0 Å². The smallest absolute Gasteiger partial charge is 0.303 e. The second-order valence-corrected chi connectivity index (χ2v) is 8.11. The number of aliphatic hydroxyl groups excluding tert-OH is 1. The summed E-state index contributed by atoms with van der Waals surface area (Å²) >= 11 is 0. The highest BCUT2D eigenvalue weighted by molar-refractivity contribution is 7.89. The van der Waals surface area contributed by atoms with E-state index in [0.29, 0.717) is 19.3 Å². The van der Waals surface area contributed by atoms with Gasteiger partial charge in [-0.05, 0) is 25.2 Å². The summed E-state index contributed by atoms with van der Waals surface area (Å²) in [6.45, 7) is 2.14. The van der Waals surface area contributed by atoms with Crippen molar-refractivity contribution in [1.29, 1.82) is 0 Å². The second-order valence-electron chi connectivity index (χ2n) is 6.24. The minimum Gasteiger partial charge on any atom is -0.481 e. The fourth-order valence-corrected chi connectivity index (χ4v) is 4.42. The average Bonchev–Trinajstić information content (AvgIpc) is 2.74. The number of unbranched alkanes of at least 4 members (excludes halogenated alkanes) is 5. The van der Waals surface area contributed by atoms with Crippen LogP contribution in [0, 0.1) is 5.92 Å². The van der Waals surface area contributed by atoms with Crippen LogP contribution in [0.4, 0.5) is 0 Å². The summed E-state index contributed by atoms with van der Waals surface area (Å²) in [6, 6.07) is -0.547. The molecule has 1 saturated carbocycles. The Morgan fingerprint density at radius 3 is 2.41 bits per heavy atom. The summed E-state index contributed by atoms with van der Waals surface area (Å²) in [4.78, 5) is 10.7. The lowest BCUT2D eigenvalue weighted by Crippen LogP contribution is -2.42. The SMILES string of the molecule is CCCCCCCCS(=O)(=O)N[C@@H]1CC[C@H](CC(=O)O)[C@H]1O. The van der Waals surface area contributed by atoms with Gasteiger partial charge in [-0.2, -0.15) is 0 Å². The summed E-state index contributed by atoms with van der Waals surface area (Å²) in [5.74, 6) is -1.25. The summed E-state index contributed by atoms with van der Waals surface area (Å²) in [5, 5.41) is 18.8. The third-order valence-electron chi connectivity index (χ3n) is 4.28. The van der Waals surface area contributed by atoms with Crippen molar-refractivity contribution in [2.75, 3.05) is 5.75 Å². The van der Waals surface area contributed by atoms with Crippen LogP contribution in [0.25, 0.3) is 0 Å². The van der Waals surface area contributed by atoms with Crippen molar-refractivity contribution in [3.8, 4) is 0 Å². The zero-order valence-corrected chi connectivity index (χ0v) is 14.1. The molecule has 0 aromatic heterocycles. The second kappa shape index (κ2) is 9.47. The molecule has 6 nitrogen and oxygen atoms in total. The molecule has 1 fully saturated rings. The quantitative estimate of drug-likeness (QED) is 0.500. The van der Waals surface area contributed by atoms with Crippen molar-refractivity contribution < 1.29 is 23.4 Å². The van der Waals surface area contributed by atoms with Gasteiger partial charge in [0.2, 0.25) is 10.0 Å². The maximum atomic E-state index is 12.0. The first-order valence-electron chi connectivity index (χ1n) is 8.25. The van der Waals surface area contributed by atoms with Gasteiger partial charge in [-0.3, -0.25) is 4.79 Å². The highest BCUT2D eigenvalue weighted by Crippen LogP contribution is 2.29. The molecule has 0 unspecified atom stereocenters. The molecule has 1 aliphatic carbocycles. The number of rotatable bonds is 11. The van der Waals surface area contributed by atoms with Crippen LogP contribution >= 0.6 is 0 Å². The fourth-order valence-electron chi connectivity index (χ4n) is 3.00. The van der Waals surface area contributed by atoms with Gasteiger partial charge in [0, 0.05) is 6.04 Å². The fraction of sp³-hybridized carbons (Fsp3) is 0.933. The van der Waals surface area contributed by atoms with Gasteiger partial charge >= 0.3 is 5.97 Å². The molecular weight excluding hydrogens is 306 g/mol. The van der Waals surface area contributed by atoms with E-state index in [1.165, 1.54) is 6.42 Å². The Bertz CT molecular complexity index is 437. The molecule has 0 bridgehead atoms. The van der Waals surface area contributed by atoms with E-state index in [2.05, 4.69) is 11.6 Å². The normalized spacial score (nSPS) is 25.5.